The summed E-state index contributed by atoms with van der Waals surface area (Å²) in [4.78, 5) is 0. The minimum absolute atomic E-state index is 0.195. The van der Waals surface area contributed by atoms with Crippen molar-refractivity contribution in [1.29, 1.82) is 0 Å². The summed E-state index contributed by atoms with van der Waals surface area (Å²) >= 11 is 0. The number of aryl methyl sites for hydroxylation is 1. The number of halogens is 1. The number of benzene rings is 2. The molecule has 0 unspecified atom stereocenters. The zero-order chi connectivity index (χ0) is 16.8. The highest BCUT2D eigenvalue weighted by Gasteiger charge is 2.09. The minimum atomic E-state index is -0.299. The quantitative estimate of drug-likeness (QED) is 0.765. The van der Waals surface area contributed by atoms with Gasteiger partial charge in [-0.05, 0) is 55.2 Å². The highest BCUT2D eigenvalue weighted by molar-refractivity contribution is 5.82. The van der Waals surface area contributed by atoms with Gasteiger partial charge in [0.2, 0.25) is 0 Å². The summed E-state index contributed by atoms with van der Waals surface area (Å²) in [7, 11) is 0. The van der Waals surface area contributed by atoms with Gasteiger partial charge in [0.15, 0.2) is 0 Å². The highest BCUT2D eigenvalue weighted by atomic mass is 19.1. The molecule has 0 atom stereocenters. The smallest absolute Gasteiger partial charge is 0.123 e. The summed E-state index contributed by atoms with van der Waals surface area (Å²) in [5, 5.41) is 12.1. The zero-order valence-electron chi connectivity index (χ0n) is 13.4. The Morgan fingerprint density at radius 2 is 1.78 bits per heavy atom. The monoisotopic (exact) mass is 311 g/mol. The Morgan fingerprint density at radius 1 is 1.09 bits per heavy atom. The van der Waals surface area contributed by atoms with Crippen LogP contribution in [-0.4, -0.2) is 11.7 Å². The molecule has 2 aromatic carbocycles. The summed E-state index contributed by atoms with van der Waals surface area (Å²) < 4.78 is 13.6. The molecular formula is C20H22FNO. The lowest BCUT2D eigenvalue weighted by Crippen LogP contribution is -2.01. The second kappa shape index (κ2) is 7.75. The molecule has 0 spiro atoms. The third kappa shape index (κ3) is 4.54. The molecule has 0 saturated heterocycles. The molecule has 2 nitrogen and oxygen atoms in total. The summed E-state index contributed by atoms with van der Waals surface area (Å²) in [6, 6.07) is 12.5. The van der Waals surface area contributed by atoms with E-state index in [4.69, 9.17) is 5.11 Å². The van der Waals surface area contributed by atoms with Crippen molar-refractivity contribution in [2.45, 2.75) is 19.8 Å². The topological polar surface area (TPSA) is 32.3 Å². The fourth-order valence-corrected chi connectivity index (χ4v) is 2.42. The summed E-state index contributed by atoms with van der Waals surface area (Å²) in [6.45, 7) is 10.0. The Morgan fingerprint density at radius 3 is 2.39 bits per heavy atom. The second-order valence-corrected chi connectivity index (χ2v) is 5.60. The fraction of sp³-hybridized carbons (Fsp3) is 0.200. The van der Waals surface area contributed by atoms with E-state index in [1.807, 2.05) is 31.2 Å². The molecule has 0 saturated carbocycles. The normalized spacial score (nSPS) is 10.4. The van der Waals surface area contributed by atoms with E-state index in [-0.39, 0.29) is 12.4 Å². The lowest BCUT2D eigenvalue weighted by molar-refractivity contribution is 0.288. The third-order valence-electron chi connectivity index (χ3n) is 3.64. The van der Waals surface area contributed by atoms with Gasteiger partial charge in [0.05, 0.1) is 0 Å². The molecule has 0 bridgehead atoms. The van der Waals surface area contributed by atoms with Crippen LogP contribution in [0.5, 0.6) is 0 Å². The van der Waals surface area contributed by atoms with E-state index in [1.165, 1.54) is 17.7 Å². The predicted molar refractivity (Wildman–Crippen MR) is 95.6 cm³/mol. The van der Waals surface area contributed by atoms with Crippen LogP contribution in [0, 0.1) is 5.82 Å². The molecular weight excluding hydrogens is 289 g/mol. The van der Waals surface area contributed by atoms with Crippen molar-refractivity contribution in [2.75, 3.05) is 11.9 Å². The largest absolute Gasteiger partial charge is 0.396 e. The van der Waals surface area contributed by atoms with Gasteiger partial charge in [-0.3, -0.25) is 0 Å². The van der Waals surface area contributed by atoms with E-state index in [0.717, 1.165) is 29.7 Å². The molecule has 3 heteroatoms. The van der Waals surface area contributed by atoms with Gasteiger partial charge in [0.25, 0.3) is 0 Å². The molecule has 2 N–H and O–H groups in total. The number of nitrogens with one attached hydrogen (secondary N) is 1. The summed E-state index contributed by atoms with van der Waals surface area (Å²) in [5.74, 6) is -0.299. The average molecular weight is 311 g/mol. The predicted octanol–water partition coefficient (Wildman–Crippen LogP) is 4.87. The van der Waals surface area contributed by atoms with Gasteiger partial charge in [0.1, 0.15) is 5.82 Å². The zero-order valence-corrected chi connectivity index (χ0v) is 13.4. The van der Waals surface area contributed by atoms with Gasteiger partial charge in [-0.25, -0.2) is 4.39 Å². The van der Waals surface area contributed by atoms with Gasteiger partial charge < -0.3 is 10.4 Å². The van der Waals surface area contributed by atoms with E-state index < -0.39 is 0 Å². The van der Waals surface area contributed by atoms with E-state index in [0.29, 0.717) is 11.3 Å². The van der Waals surface area contributed by atoms with Crippen LogP contribution in [0.15, 0.2) is 55.6 Å². The first-order valence-electron chi connectivity index (χ1n) is 7.63. The van der Waals surface area contributed by atoms with Crippen molar-refractivity contribution in [1.82, 2.24) is 0 Å². The second-order valence-electron chi connectivity index (χ2n) is 5.60. The number of rotatable bonds is 7. The average Bonchev–Trinajstić information content (AvgIpc) is 2.53. The van der Waals surface area contributed by atoms with Crippen LogP contribution in [-0.2, 0) is 6.42 Å². The number of allylic oxidation sites excluding steroid dienone is 1. The summed E-state index contributed by atoms with van der Waals surface area (Å²) in [6.07, 6.45) is 1.60. The van der Waals surface area contributed by atoms with Crippen molar-refractivity contribution in [3.63, 3.8) is 0 Å². The molecule has 0 radical (unpaired) electrons. The first-order valence-corrected chi connectivity index (χ1v) is 7.63. The van der Waals surface area contributed by atoms with Crippen molar-refractivity contribution >= 4 is 17.0 Å². The van der Waals surface area contributed by atoms with Gasteiger partial charge in [-0.15, -0.1) is 0 Å². The molecule has 0 heterocycles. The van der Waals surface area contributed by atoms with Gasteiger partial charge in [0, 0.05) is 23.6 Å². The van der Waals surface area contributed by atoms with Crippen LogP contribution in [0.2, 0.25) is 0 Å². The molecule has 0 aliphatic rings. The van der Waals surface area contributed by atoms with E-state index in [2.05, 4.69) is 18.5 Å². The van der Waals surface area contributed by atoms with Gasteiger partial charge in [-0.1, -0.05) is 36.9 Å². The molecule has 0 aromatic heterocycles. The third-order valence-corrected chi connectivity index (χ3v) is 3.64. The molecule has 23 heavy (non-hydrogen) atoms. The van der Waals surface area contributed by atoms with Crippen molar-refractivity contribution < 1.29 is 9.50 Å². The van der Waals surface area contributed by atoms with E-state index in [9.17, 15) is 4.39 Å². The van der Waals surface area contributed by atoms with Gasteiger partial charge in [-0.2, -0.15) is 0 Å². The molecule has 0 aliphatic carbocycles. The van der Waals surface area contributed by atoms with Crippen LogP contribution in [0.25, 0.3) is 11.3 Å². The highest BCUT2D eigenvalue weighted by Crippen LogP contribution is 2.26. The Bertz CT molecular complexity index is 704. The van der Waals surface area contributed by atoms with Gasteiger partial charge >= 0.3 is 0 Å². The molecule has 0 aliphatic heterocycles. The van der Waals surface area contributed by atoms with Crippen molar-refractivity contribution in [2.24, 2.45) is 0 Å². The van der Waals surface area contributed by atoms with Crippen LogP contribution < -0.4 is 5.32 Å². The van der Waals surface area contributed by atoms with Crippen LogP contribution >= 0.6 is 0 Å². The maximum atomic E-state index is 13.6. The molecule has 2 rings (SSSR count). The standard InChI is InChI=1S/C20H22FNO/c1-14(2)19-11-8-17(21)13-20(19)15(3)22-18-9-6-16(7-10-18)5-4-12-23/h6-11,13,22-23H,1,3-5,12H2,2H3. The Kier molecular flexibility index (Phi) is 5.72. The summed E-state index contributed by atoms with van der Waals surface area (Å²) in [5.41, 5.74) is 5.14. The van der Waals surface area contributed by atoms with Crippen LogP contribution in [0.1, 0.15) is 30.0 Å². The maximum absolute atomic E-state index is 13.6. The van der Waals surface area contributed by atoms with E-state index in [1.54, 1.807) is 6.07 Å². The maximum Gasteiger partial charge on any atom is 0.123 e. The number of hydrogen-bond donors (Lipinski definition) is 2. The van der Waals surface area contributed by atoms with Crippen LogP contribution in [0.3, 0.4) is 0 Å². The number of anilines is 1. The van der Waals surface area contributed by atoms with Crippen molar-refractivity contribution in [3.05, 3.63) is 78.1 Å². The molecule has 120 valence electrons. The Labute approximate surface area is 137 Å². The van der Waals surface area contributed by atoms with E-state index >= 15 is 0 Å². The van der Waals surface area contributed by atoms with Crippen LogP contribution in [0.4, 0.5) is 10.1 Å². The number of aliphatic hydroxyl groups is 1. The lowest BCUT2D eigenvalue weighted by Gasteiger charge is -2.15. The van der Waals surface area contributed by atoms with Crippen molar-refractivity contribution in [3.8, 4) is 0 Å². The Balaban J connectivity index is 2.16. The molecule has 2 aromatic rings. The fourth-order valence-electron chi connectivity index (χ4n) is 2.42. The Hall–Kier alpha value is -2.39. The number of hydrogen-bond acceptors (Lipinski definition) is 2. The first kappa shape index (κ1) is 17.0. The number of aliphatic hydroxyl groups excluding tert-OH is 1. The molecule has 0 amide bonds. The molecule has 0 fully saturated rings. The first-order chi connectivity index (χ1) is 11.0. The minimum Gasteiger partial charge on any atom is -0.396 e. The SMILES string of the molecule is C=C(C)c1ccc(F)cc1C(=C)Nc1ccc(CCCO)cc1. The lowest BCUT2D eigenvalue weighted by atomic mass is 9.99.